The second-order valence-corrected chi connectivity index (χ2v) is 6.67. The highest BCUT2D eigenvalue weighted by atomic mass is 35.5. The van der Waals surface area contributed by atoms with E-state index in [4.69, 9.17) is 23.2 Å². The highest BCUT2D eigenvalue weighted by Gasteiger charge is 2.24. The predicted octanol–water partition coefficient (Wildman–Crippen LogP) is 4.00. The fourth-order valence-electron chi connectivity index (χ4n) is 2.85. The van der Waals surface area contributed by atoms with Crippen LogP contribution in [0.2, 0.25) is 10.2 Å². The van der Waals surface area contributed by atoms with Gasteiger partial charge >= 0.3 is 0 Å². The van der Waals surface area contributed by atoms with Gasteiger partial charge in [0.15, 0.2) is 0 Å². The number of hydrogen-bond acceptors (Lipinski definition) is 3. The normalized spacial score (nSPS) is 14.0. The van der Waals surface area contributed by atoms with Gasteiger partial charge in [-0.2, -0.15) is 0 Å². The molecule has 25 heavy (non-hydrogen) atoms. The molecule has 7 heteroatoms. The lowest BCUT2D eigenvalue weighted by Gasteiger charge is -2.20. The molecule has 0 saturated carbocycles. The van der Waals surface area contributed by atoms with Gasteiger partial charge in [-0.05, 0) is 31.5 Å². The van der Waals surface area contributed by atoms with E-state index in [0.717, 1.165) is 6.42 Å². The van der Waals surface area contributed by atoms with Crippen LogP contribution >= 0.6 is 23.2 Å². The molecular weight excluding hydrogens is 361 g/mol. The molecule has 1 fully saturated rings. The molecule has 1 saturated heterocycles. The summed E-state index contributed by atoms with van der Waals surface area (Å²) >= 11 is 12.3. The summed E-state index contributed by atoms with van der Waals surface area (Å²) in [5.41, 5.74) is 2.48. The minimum Gasteiger partial charge on any atom is -0.324 e. The molecule has 0 aliphatic carbocycles. The molecule has 1 aromatic heterocycles. The van der Waals surface area contributed by atoms with Crippen LogP contribution in [0.3, 0.4) is 0 Å². The zero-order chi connectivity index (χ0) is 18.0. The van der Waals surface area contributed by atoms with Gasteiger partial charge in [0.05, 0.1) is 17.8 Å². The Kier molecular flexibility index (Phi) is 5.25. The van der Waals surface area contributed by atoms with Crippen molar-refractivity contribution in [1.82, 2.24) is 4.98 Å². The second-order valence-electron chi connectivity index (χ2n) is 5.91. The number of benzene rings is 1. The average Bonchev–Trinajstić information content (AvgIpc) is 2.97. The quantitative estimate of drug-likeness (QED) is 0.818. The molecule has 2 aromatic rings. The first-order valence-corrected chi connectivity index (χ1v) is 8.72. The number of nitrogens with one attached hydrogen (secondary N) is 1. The maximum Gasteiger partial charge on any atom is 0.229 e. The summed E-state index contributed by atoms with van der Waals surface area (Å²) in [5.74, 6) is -0.205. The molecule has 1 aromatic carbocycles. The lowest BCUT2D eigenvalue weighted by Crippen LogP contribution is -2.26. The number of anilines is 2. The standard InChI is InChI=1S/C18H17Cl2N3O2/c1-11-9-13(19)12(18(20)21-11)10-16(24)22-14-5-2-3-6-15(14)23-8-4-7-17(23)25/h2-3,5-6,9H,4,7-8,10H2,1H3,(H,22,24). The number of amides is 2. The number of aryl methyl sites for hydroxylation is 1. The van der Waals surface area contributed by atoms with E-state index in [1.807, 2.05) is 18.2 Å². The topological polar surface area (TPSA) is 62.3 Å². The summed E-state index contributed by atoms with van der Waals surface area (Å²) in [4.78, 5) is 30.3. The Balaban J connectivity index is 1.79. The molecule has 1 aliphatic heterocycles. The maximum absolute atomic E-state index is 12.5. The third-order valence-corrected chi connectivity index (χ3v) is 4.68. The van der Waals surface area contributed by atoms with Crippen LogP contribution in [0.1, 0.15) is 24.1 Å². The molecule has 2 heterocycles. The van der Waals surface area contributed by atoms with Gasteiger partial charge in [0, 0.05) is 29.2 Å². The number of halogens is 2. The molecule has 0 spiro atoms. The zero-order valence-electron chi connectivity index (χ0n) is 13.7. The number of nitrogens with zero attached hydrogens (tertiary/aromatic N) is 2. The van der Waals surface area contributed by atoms with Crippen molar-refractivity contribution in [2.75, 3.05) is 16.8 Å². The Morgan fingerprint density at radius 3 is 2.76 bits per heavy atom. The van der Waals surface area contributed by atoms with Gasteiger partial charge in [-0.1, -0.05) is 35.3 Å². The minimum atomic E-state index is -0.270. The number of pyridine rings is 1. The first-order valence-electron chi connectivity index (χ1n) is 7.96. The van der Waals surface area contributed by atoms with Gasteiger partial charge in [-0.25, -0.2) is 4.98 Å². The van der Waals surface area contributed by atoms with Crippen molar-refractivity contribution in [3.05, 3.63) is 51.8 Å². The lowest BCUT2D eigenvalue weighted by atomic mass is 10.1. The number of aromatic nitrogens is 1. The van der Waals surface area contributed by atoms with Crippen molar-refractivity contribution in [2.45, 2.75) is 26.2 Å². The van der Waals surface area contributed by atoms with Crippen LogP contribution in [0, 0.1) is 6.92 Å². The molecule has 2 amide bonds. The van der Waals surface area contributed by atoms with E-state index in [0.29, 0.717) is 40.6 Å². The number of carbonyl (C=O) groups is 2. The summed E-state index contributed by atoms with van der Waals surface area (Å²) in [6, 6.07) is 8.93. The van der Waals surface area contributed by atoms with E-state index in [-0.39, 0.29) is 23.4 Å². The maximum atomic E-state index is 12.5. The van der Waals surface area contributed by atoms with Crippen molar-refractivity contribution in [1.29, 1.82) is 0 Å². The average molecular weight is 378 g/mol. The van der Waals surface area contributed by atoms with E-state index in [1.54, 1.807) is 24.0 Å². The third kappa shape index (κ3) is 3.94. The van der Waals surface area contributed by atoms with Crippen LogP contribution in [-0.4, -0.2) is 23.3 Å². The van der Waals surface area contributed by atoms with Gasteiger partial charge in [0.25, 0.3) is 0 Å². The van der Waals surface area contributed by atoms with Crippen molar-refractivity contribution < 1.29 is 9.59 Å². The molecule has 130 valence electrons. The monoisotopic (exact) mass is 377 g/mol. The summed E-state index contributed by atoms with van der Waals surface area (Å²) in [6.07, 6.45) is 1.36. The molecule has 0 atom stereocenters. The van der Waals surface area contributed by atoms with Gasteiger partial charge in [0.2, 0.25) is 11.8 Å². The van der Waals surface area contributed by atoms with Crippen molar-refractivity contribution in [2.24, 2.45) is 0 Å². The van der Waals surface area contributed by atoms with E-state index in [1.165, 1.54) is 0 Å². The van der Waals surface area contributed by atoms with Gasteiger partial charge < -0.3 is 10.2 Å². The number of hydrogen-bond donors (Lipinski definition) is 1. The summed E-state index contributed by atoms with van der Waals surface area (Å²) in [6.45, 7) is 2.44. The Labute approximate surface area is 155 Å². The predicted molar refractivity (Wildman–Crippen MR) is 99.4 cm³/mol. The Hall–Kier alpha value is -2.11. The van der Waals surface area contributed by atoms with E-state index in [2.05, 4.69) is 10.3 Å². The van der Waals surface area contributed by atoms with Gasteiger partial charge in [-0.3, -0.25) is 9.59 Å². The largest absolute Gasteiger partial charge is 0.324 e. The van der Waals surface area contributed by atoms with E-state index >= 15 is 0 Å². The van der Waals surface area contributed by atoms with Crippen LogP contribution in [-0.2, 0) is 16.0 Å². The van der Waals surface area contributed by atoms with Crippen LogP contribution in [0.15, 0.2) is 30.3 Å². The molecule has 3 rings (SSSR count). The zero-order valence-corrected chi connectivity index (χ0v) is 15.2. The first kappa shape index (κ1) is 17.7. The van der Waals surface area contributed by atoms with Crippen LogP contribution in [0.5, 0.6) is 0 Å². The SMILES string of the molecule is Cc1cc(Cl)c(CC(=O)Nc2ccccc2N2CCCC2=O)c(Cl)n1. The molecule has 0 bridgehead atoms. The Morgan fingerprint density at radius 1 is 1.32 bits per heavy atom. The fourth-order valence-corrected chi connectivity index (χ4v) is 3.52. The van der Waals surface area contributed by atoms with E-state index in [9.17, 15) is 9.59 Å². The fraction of sp³-hybridized carbons (Fsp3) is 0.278. The Morgan fingerprint density at radius 2 is 2.08 bits per heavy atom. The number of carbonyl (C=O) groups excluding carboxylic acids is 2. The third-order valence-electron chi connectivity index (χ3n) is 4.03. The van der Waals surface area contributed by atoms with Crippen LogP contribution in [0.25, 0.3) is 0 Å². The van der Waals surface area contributed by atoms with Crippen molar-refractivity contribution in [3.8, 4) is 0 Å². The molecule has 1 aliphatic rings. The molecule has 1 N–H and O–H groups in total. The molecule has 0 unspecified atom stereocenters. The minimum absolute atomic E-state index is 0.00717. The summed E-state index contributed by atoms with van der Waals surface area (Å²) in [7, 11) is 0. The lowest BCUT2D eigenvalue weighted by molar-refractivity contribution is -0.117. The summed E-state index contributed by atoms with van der Waals surface area (Å²) < 4.78 is 0. The van der Waals surface area contributed by atoms with Gasteiger partial charge in [0.1, 0.15) is 5.15 Å². The van der Waals surface area contributed by atoms with Gasteiger partial charge in [-0.15, -0.1) is 0 Å². The van der Waals surface area contributed by atoms with Crippen molar-refractivity contribution >= 4 is 46.4 Å². The first-order chi connectivity index (χ1) is 12.0. The van der Waals surface area contributed by atoms with E-state index < -0.39 is 0 Å². The highest BCUT2D eigenvalue weighted by molar-refractivity contribution is 6.35. The van der Waals surface area contributed by atoms with Crippen molar-refractivity contribution in [3.63, 3.8) is 0 Å². The smallest absolute Gasteiger partial charge is 0.229 e. The van der Waals surface area contributed by atoms with Crippen LogP contribution < -0.4 is 10.2 Å². The second kappa shape index (κ2) is 7.42. The number of para-hydroxylation sites is 2. The molecule has 5 nitrogen and oxygen atoms in total. The Bertz CT molecular complexity index is 816. The molecule has 0 radical (unpaired) electrons. The molecular formula is C18H17Cl2N3O2. The van der Waals surface area contributed by atoms with Crippen LogP contribution in [0.4, 0.5) is 11.4 Å². The summed E-state index contributed by atoms with van der Waals surface area (Å²) in [5, 5.41) is 3.49. The highest BCUT2D eigenvalue weighted by Crippen LogP contribution is 2.30. The number of rotatable bonds is 4.